The number of hydrogen-bond donors (Lipinski definition) is 1. The van der Waals surface area contributed by atoms with E-state index < -0.39 is 0 Å². The van der Waals surface area contributed by atoms with Crippen molar-refractivity contribution in [1.82, 2.24) is 15.5 Å². The van der Waals surface area contributed by atoms with Crippen molar-refractivity contribution in [2.24, 2.45) is 5.92 Å². The Kier molecular flexibility index (Phi) is 6.17. The van der Waals surface area contributed by atoms with E-state index in [0.29, 0.717) is 16.9 Å². The maximum absolute atomic E-state index is 11.9. The highest BCUT2D eigenvalue weighted by Gasteiger charge is 2.21. The van der Waals surface area contributed by atoms with E-state index in [-0.39, 0.29) is 11.9 Å². The van der Waals surface area contributed by atoms with Gasteiger partial charge in [-0.2, -0.15) is 0 Å². The molecule has 5 nitrogen and oxygen atoms in total. The number of aromatic nitrogens is 2. The van der Waals surface area contributed by atoms with Crippen LogP contribution < -0.4 is 5.32 Å². The van der Waals surface area contributed by atoms with E-state index in [1.807, 2.05) is 6.92 Å². The molecule has 1 aliphatic carbocycles. The Labute approximate surface area is 157 Å². The summed E-state index contributed by atoms with van der Waals surface area (Å²) in [6.45, 7) is 6.44. The predicted molar refractivity (Wildman–Crippen MR) is 102 cm³/mol. The standard InChI is InChI=1S/C18H25N3O2S2/c1-4-5-12(3)19-16(22)10-24-18-21-20-17(23-18)15-9-13-8-11(2)6-7-14(13)25-15/h9,11-12H,4-8,10H2,1-3H3,(H,19,22)/t11-,12-/m0/s1. The summed E-state index contributed by atoms with van der Waals surface area (Å²) in [5.41, 5.74) is 1.43. The van der Waals surface area contributed by atoms with Crippen LogP contribution in [-0.2, 0) is 17.6 Å². The molecule has 7 heteroatoms. The van der Waals surface area contributed by atoms with Crippen molar-refractivity contribution in [3.8, 4) is 10.8 Å². The molecule has 0 spiro atoms. The summed E-state index contributed by atoms with van der Waals surface area (Å²) in [5.74, 6) is 1.62. The van der Waals surface area contributed by atoms with Crippen molar-refractivity contribution in [3.63, 3.8) is 0 Å². The van der Waals surface area contributed by atoms with Crippen LogP contribution in [0.5, 0.6) is 0 Å². The van der Waals surface area contributed by atoms with E-state index in [4.69, 9.17) is 4.42 Å². The first-order valence-corrected chi connectivity index (χ1v) is 10.7. The van der Waals surface area contributed by atoms with Gasteiger partial charge in [-0.25, -0.2) is 0 Å². The summed E-state index contributed by atoms with van der Waals surface area (Å²) in [6.07, 6.45) is 5.59. The molecule has 0 fully saturated rings. The number of hydrogen-bond acceptors (Lipinski definition) is 6. The highest BCUT2D eigenvalue weighted by atomic mass is 32.2. The smallest absolute Gasteiger partial charge is 0.277 e. The second-order valence-electron chi connectivity index (χ2n) is 6.83. The van der Waals surface area contributed by atoms with Gasteiger partial charge in [0, 0.05) is 10.9 Å². The van der Waals surface area contributed by atoms with Crippen molar-refractivity contribution in [1.29, 1.82) is 0 Å². The van der Waals surface area contributed by atoms with Gasteiger partial charge in [-0.15, -0.1) is 21.5 Å². The molecule has 2 heterocycles. The normalized spacial score (nSPS) is 18.0. The van der Waals surface area contributed by atoms with E-state index >= 15 is 0 Å². The van der Waals surface area contributed by atoms with E-state index in [9.17, 15) is 4.79 Å². The number of amides is 1. The third kappa shape index (κ3) is 4.85. The number of carbonyl (C=O) groups is 1. The zero-order chi connectivity index (χ0) is 17.8. The number of nitrogens with one attached hydrogen (secondary N) is 1. The van der Waals surface area contributed by atoms with Crippen LogP contribution in [0.4, 0.5) is 0 Å². The molecular weight excluding hydrogens is 354 g/mol. The first-order valence-electron chi connectivity index (χ1n) is 8.92. The van der Waals surface area contributed by atoms with Crippen LogP contribution in [0.25, 0.3) is 10.8 Å². The Morgan fingerprint density at radius 2 is 2.36 bits per heavy atom. The Morgan fingerprint density at radius 3 is 3.16 bits per heavy atom. The zero-order valence-corrected chi connectivity index (χ0v) is 16.6. The quantitative estimate of drug-likeness (QED) is 0.726. The molecule has 136 valence electrons. The number of fused-ring (bicyclic) bond motifs is 1. The van der Waals surface area contributed by atoms with Crippen molar-refractivity contribution in [2.45, 2.75) is 64.1 Å². The lowest BCUT2D eigenvalue weighted by Crippen LogP contribution is -2.33. The van der Waals surface area contributed by atoms with E-state index in [1.54, 1.807) is 11.3 Å². The van der Waals surface area contributed by atoms with Crippen molar-refractivity contribution < 1.29 is 9.21 Å². The molecule has 2 aromatic rings. The SMILES string of the molecule is CCC[C@H](C)NC(=O)CSc1nnc(-c2cc3c(s2)CC[C@H](C)C3)o1. The number of nitrogens with zero attached hydrogens (tertiary/aromatic N) is 2. The fraction of sp³-hybridized carbons (Fsp3) is 0.611. The monoisotopic (exact) mass is 379 g/mol. The van der Waals surface area contributed by atoms with Crippen LogP contribution in [0.3, 0.4) is 0 Å². The molecule has 2 aromatic heterocycles. The van der Waals surface area contributed by atoms with Crippen LogP contribution >= 0.6 is 23.1 Å². The van der Waals surface area contributed by atoms with Gasteiger partial charge in [0.05, 0.1) is 10.6 Å². The minimum absolute atomic E-state index is 0.00581. The minimum atomic E-state index is 0.00581. The van der Waals surface area contributed by atoms with Gasteiger partial charge in [0.1, 0.15) is 0 Å². The number of thiophene rings is 1. The molecule has 1 N–H and O–H groups in total. The molecule has 0 radical (unpaired) electrons. The van der Waals surface area contributed by atoms with Crippen LogP contribution in [0.15, 0.2) is 15.7 Å². The number of rotatable bonds is 7. The summed E-state index contributed by atoms with van der Waals surface area (Å²) >= 11 is 3.05. The van der Waals surface area contributed by atoms with Gasteiger partial charge in [-0.3, -0.25) is 4.79 Å². The summed E-state index contributed by atoms with van der Waals surface area (Å²) in [7, 11) is 0. The molecule has 1 amide bonds. The Balaban J connectivity index is 1.57. The molecule has 0 bridgehead atoms. The third-order valence-electron chi connectivity index (χ3n) is 4.40. The molecule has 0 saturated heterocycles. The van der Waals surface area contributed by atoms with Crippen molar-refractivity contribution >= 4 is 29.0 Å². The lowest BCUT2D eigenvalue weighted by atomic mass is 9.90. The zero-order valence-electron chi connectivity index (χ0n) is 15.0. The predicted octanol–water partition coefficient (Wildman–Crippen LogP) is 4.32. The Bertz CT molecular complexity index is 726. The third-order valence-corrected chi connectivity index (χ3v) is 6.45. The van der Waals surface area contributed by atoms with E-state index in [0.717, 1.165) is 36.5 Å². The molecule has 3 rings (SSSR count). The average Bonchev–Trinajstić information content (AvgIpc) is 3.19. The van der Waals surface area contributed by atoms with Crippen LogP contribution in [0.2, 0.25) is 0 Å². The van der Waals surface area contributed by atoms with E-state index in [1.165, 1.54) is 28.6 Å². The summed E-state index contributed by atoms with van der Waals surface area (Å²) in [4.78, 5) is 14.4. The second-order valence-corrected chi connectivity index (χ2v) is 8.89. The molecule has 0 aliphatic heterocycles. The first kappa shape index (κ1) is 18.5. The molecule has 0 aromatic carbocycles. The van der Waals surface area contributed by atoms with Crippen molar-refractivity contribution in [2.75, 3.05) is 5.75 Å². The highest BCUT2D eigenvalue weighted by Crippen LogP contribution is 2.37. The molecule has 1 aliphatic rings. The number of carbonyl (C=O) groups excluding carboxylic acids is 1. The summed E-state index contributed by atoms with van der Waals surface area (Å²) in [5, 5.41) is 11.7. The lowest BCUT2D eigenvalue weighted by molar-refractivity contribution is -0.119. The second kappa shape index (κ2) is 8.36. The van der Waals surface area contributed by atoms with Gasteiger partial charge >= 0.3 is 0 Å². The molecule has 25 heavy (non-hydrogen) atoms. The van der Waals surface area contributed by atoms with Crippen LogP contribution in [-0.4, -0.2) is 27.9 Å². The molecule has 2 atom stereocenters. The van der Waals surface area contributed by atoms with Gasteiger partial charge in [-0.1, -0.05) is 32.0 Å². The first-order chi connectivity index (χ1) is 12.0. The highest BCUT2D eigenvalue weighted by molar-refractivity contribution is 7.99. The average molecular weight is 380 g/mol. The maximum Gasteiger partial charge on any atom is 0.277 e. The molecule has 0 unspecified atom stereocenters. The van der Waals surface area contributed by atoms with Gasteiger partial charge in [0.2, 0.25) is 5.91 Å². The van der Waals surface area contributed by atoms with Gasteiger partial charge in [-0.05, 0) is 50.2 Å². The fourth-order valence-electron chi connectivity index (χ4n) is 3.13. The number of thioether (sulfide) groups is 1. The minimum Gasteiger partial charge on any atom is -0.410 e. The van der Waals surface area contributed by atoms with Gasteiger partial charge in [0.25, 0.3) is 11.1 Å². The molecule has 0 saturated carbocycles. The van der Waals surface area contributed by atoms with Crippen LogP contribution in [0.1, 0.15) is 50.5 Å². The molecular formula is C18H25N3O2S2. The lowest BCUT2D eigenvalue weighted by Gasteiger charge is -2.16. The van der Waals surface area contributed by atoms with Crippen molar-refractivity contribution in [3.05, 3.63) is 16.5 Å². The van der Waals surface area contributed by atoms with Gasteiger partial charge in [0.15, 0.2) is 0 Å². The summed E-state index contributed by atoms with van der Waals surface area (Å²) < 4.78 is 5.75. The largest absolute Gasteiger partial charge is 0.410 e. The Morgan fingerprint density at radius 1 is 1.52 bits per heavy atom. The topological polar surface area (TPSA) is 68.0 Å². The Hall–Kier alpha value is -1.34. The summed E-state index contributed by atoms with van der Waals surface area (Å²) in [6, 6.07) is 2.40. The number of aryl methyl sites for hydroxylation is 1. The van der Waals surface area contributed by atoms with Gasteiger partial charge < -0.3 is 9.73 Å². The maximum atomic E-state index is 11.9. The fourth-order valence-corrected chi connectivity index (χ4v) is 4.83. The van der Waals surface area contributed by atoms with E-state index in [2.05, 4.69) is 35.4 Å². The van der Waals surface area contributed by atoms with Crippen LogP contribution in [0, 0.1) is 5.92 Å².